The van der Waals surface area contributed by atoms with Gasteiger partial charge in [-0.05, 0) is 19.4 Å². The molecule has 0 saturated carbocycles. The second-order valence-corrected chi connectivity index (χ2v) is 4.59. The molecule has 2 aromatic heterocycles. The van der Waals surface area contributed by atoms with Crippen LogP contribution in [0.5, 0.6) is 5.88 Å². The summed E-state index contributed by atoms with van der Waals surface area (Å²) in [6, 6.07) is 3.21. The van der Waals surface area contributed by atoms with Gasteiger partial charge in [0.25, 0.3) is 5.91 Å². The number of rotatable bonds is 5. The van der Waals surface area contributed by atoms with Crippen LogP contribution in [0.25, 0.3) is 0 Å². The second-order valence-electron chi connectivity index (χ2n) is 4.20. The molecule has 0 atom stereocenters. The minimum Gasteiger partial charge on any atom is -0.481 e. The topological polar surface area (TPSA) is 81.9 Å². The fraction of sp³-hybridized carbons (Fsp3) is 0.385. The number of anilines is 1. The van der Waals surface area contributed by atoms with Gasteiger partial charge in [0.1, 0.15) is 10.8 Å². The molecule has 1 amide bonds. The Bertz CT molecular complexity index is 656. The normalized spacial score (nSPS) is 10.5. The number of hydrogen-bond donors (Lipinski definition) is 1. The Morgan fingerprint density at radius 1 is 1.38 bits per heavy atom. The van der Waals surface area contributed by atoms with Crippen LogP contribution in [0.4, 0.5) is 5.95 Å². The molecule has 0 saturated heterocycles. The first-order valence-corrected chi connectivity index (χ1v) is 6.91. The van der Waals surface area contributed by atoms with Gasteiger partial charge in [0.15, 0.2) is 0 Å². The molecule has 0 bridgehead atoms. The first-order valence-electron chi connectivity index (χ1n) is 6.54. The smallest absolute Gasteiger partial charge is 0.276 e. The zero-order valence-corrected chi connectivity index (χ0v) is 12.8. The van der Waals surface area contributed by atoms with E-state index in [-0.39, 0.29) is 22.9 Å². The van der Waals surface area contributed by atoms with Crippen LogP contribution >= 0.6 is 11.6 Å². The second kappa shape index (κ2) is 6.53. The summed E-state index contributed by atoms with van der Waals surface area (Å²) in [5.74, 6) is 0.0307. The molecule has 1 N–H and O–H groups in total. The summed E-state index contributed by atoms with van der Waals surface area (Å²) in [5.41, 5.74) is 1.31. The third-order valence-electron chi connectivity index (χ3n) is 2.83. The van der Waals surface area contributed by atoms with Crippen molar-refractivity contribution in [2.75, 3.05) is 12.4 Å². The van der Waals surface area contributed by atoms with Crippen LogP contribution in [0.3, 0.4) is 0 Å². The van der Waals surface area contributed by atoms with Gasteiger partial charge in [-0.3, -0.25) is 14.8 Å². The van der Waals surface area contributed by atoms with Gasteiger partial charge in [-0.2, -0.15) is 10.1 Å². The van der Waals surface area contributed by atoms with Crippen LogP contribution in [0.2, 0.25) is 5.15 Å². The molecule has 21 heavy (non-hydrogen) atoms. The zero-order chi connectivity index (χ0) is 15.4. The van der Waals surface area contributed by atoms with Crippen molar-refractivity contribution in [1.29, 1.82) is 0 Å². The fourth-order valence-corrected chi connectivity index (χ4v) is 1.96. The van der Waals surface area contributed by atoms with Gasteiger partial charge in [-0.15, -0.1) is 0 Å². The lowest BCUT2D eigenvalue weighted by molar-refractivity contribution is 0.101. The molecule has 0 aliphatic carbocycles. The lowest BCUT2D eigenvalue weighted by Crippen LogP contribution is -2.19. The van der Waals surface area contributed by atoms with Crippen LogP contribution in [0, 0.1) is 0 Å². The molecule has 7 nitrogen and oxygen atoms in total. The van der Waals surface area contributed by atoms with Crippen molar-refractivity contribution >= 4 is 23.5 Å². The number of amides is 1. The summed E-state index contributed by atoms with van der Waals surface area (Å²) >= 11 is 5.84. The molecule has 112 valence electrons. The zero-order valence-electron chi connectivity index (χ0n) is 12.1. The molecular formula is C13H16ClN5O2. The van der Waals surface area contributed by atoms with E-state index in [1.807, 2.05) is 13.8 Å². The van der Waals surface area contributed by atoms with E-state index in [2.05, 4.69) is 20.4 Å². The van der Waals surface area contributed by atoms with Gasteiger partial charge in [0.2, 0.25) is 11.8 Å². The fourth-order valence-electron chi connectivity index (χ4n) is 1.79. The van der Waals surface area contributed by atoms with Gasteiger partial charge in [0, 0.05) is 12.6 Å². The number of aromatic nitrogens is 4. The Labute approximate surface area is 127 Å². The highest BCUT2D eigenvalue weighted by molar-refractivity contribution is 6.29. The lowest BCUT2D eigenvalue weighted by atomic mass is 10.3. The molecule has 0 aliphatic heterocycles. The van der Waals surface area contributed by atoms with Crippen molar-refractivity contribution in [2.45, 2.75) is 26.8 Å². The molecule has 2 aromatic rings. The maximum Gasteiger partial charge on any atom is 0.276 e. The molecule has 2 heterocycles. The molecule has 0 radical (unpaired) electrons. The third-order valence-corrected chi connectivity index (χ3v) is 3.02. The summed E-state index contributed by atoms with van der Waals surface area (Å²) < 4.78 is 6.62. The highest BCUT2D eigenvalue weighted by atomic mass is 35.5. The van der Waals surface area contributed by atoms with Crippen molar-refractivity contribution in [3.63, 3.8) is 0 Å². The quantitative estimate of drug-likeness (QED) is 0.856. The Morgan fingerprint density at radius 2 is 2.14 bits per heavy atom. The van der Waals surface area contributed by atoms with Crippen LogP contribution in [-0.4, -0.2) is 32.8 Å². The van der Waals surface area contributed by atoms with E-state index in [4.69, 9.17) is 16.3 Å². The van der Waals surface area contributed by atoms with Gasteiger partial charge < -0.3 is 4.74 Å². The first kappa shape index (κ1) is 15.2. The largest absolute Gasteiger partial charge is 0.481 e. The highest BCUT2D eigenvalue weighted by Crippen LogP contribution is 2.16. The van der Waals surface area contributed by atoms with Crippen LogP contribution in [0.15, 0.2) is 12.1 Å². The molecule has 0 spiro atoms. The molecule has 0 unspecified atom stereocenters. The number of halogens is 1. The third kappa shape index (κ3) is 3.49. The summed E-state index contributed by atoms with van der Waals surface area (Å²) in [6.07, 6.45) is 0.759. The summed E-state index contributed by atoms with van der Waals surface area (Å²) in [6.45, 7) is 4.50. The van der Waals surface area contributed by atoms with Crippen molar-refractivity contribution in [2.24, 2.45) is 0 Å². The SMILES string of the molecule is CCc1cc(C(=O)Nc2nc(Cl)cc(OC)n2)n(CC)n1. The van der Waals surface area contributed by atoms with E-state index < -0.39 is 0 Å². The van der Waals surface area contributed by atoms with E-state index in [9.17, 15) is 4.79 Å². The maximum atomic E-state index is 12.3. The Kier molecular flexibility index (Phi) is 4.74. The average Bonchev–Trinajstić information content (AvgIpc) is 2.90. The Hall–Kier alpha value is -2.15. The number of nitrogens with zero attached hydrogens (tertiary/aromatic N) is 4. The predicted octanol–water partition coefficient (Wildman–Crippen LogP) is 2.17. The first-order chi connectivity index (χ1) is 10.1. The number of hydrogen-bond acceptors (Lipinski definition) is 5. The van der Waals surface area contributed by atoms with Gasteiger partial charge in [-0.25, -0.2) is 4.98 Å². The highest BCUT2D eigenvalue weighted by Gasteiger charge is 2.16. The molecule has 8 heteroatoms. The van der Waals surface area contributed by atoms with Crippen molar-refractivity contribution < 1.29 is 9.53 Å². The van der Waals surface area contributed by atoms with Crippen LogP contribution < -0.4 is 10.1 Å². The summed E-state index contributed by atoms with van der Waals surface area (Å²) in [7, 11) is 1.46. The van der Waals surface area contributed by atoms with Crippen LogP contribution in [0.1, 0.15) is 30.0 Å². The van der Waals surface area contributed by atoms with Crippen molar-refractivity contribution in [3.05, 3.63) is 28.7 Å². The van der Waals surface area contributed by atoms with E-state index in [0.717, 1.165) is 12.1 Å². The number of ether oxygens (including phenoxy) is 1. The predicted molar refractivity (Wildman–Crippen MR) is 78.8 cm³/mol. The number of carbonyl (C=O) groups excluding carboxylic acids is 1. The van der Waals surface area contributed by atoms with Gasteiger partial charge in [-0.1, -0.05) is 18.5 Å². The van der Waals surface area contributed by atoms with Gasteiger partial charge in [0.05, 0.1) is 12.8 Å². The molecule has 0 aromatic carbocycles. The summed E-state index contributed by atoms with van der Waals surface area (Å²) in [4.78, 5) is 20.3. The number of methoxy groups -OCH3 is 1. The monoisotopic (exact) mass is 309 g/mol. The average molecular weight is 310 g/mol. The number of aryl methyl sites for hydroxylation is 2. The molecule has 0 aliphatic rings. The maximum absolute atomic E-state index is 12.3. The minimum absolute atomic E-state index is 0.0891. The van der Waals surface area contributed by atoms with E-state index >= 15 is 0 Å². The molecular weight excluding hydrogens is 294 g/mol. The number of nitrogens with one attached hydrogen (secondary N) is 1. The Morgan fingerprint density at radius 3 is 2.76 bits per heavy atom. The van der Waals surface area contributed by atoms with E-state index in [0.29, 0.717) is 12.2 Å². The Balaban J connectivity index is 2.25. The minimum atomic E-state index is -0.339. The van der Waals surface area contributed by atoms with Crippen molar-refractivity contribution in [1.82, 2.24) is 19.7 Å². The standard InChI is InChI=1S/C13H16ClN5O2/c1-4-8-6-9(19(5-2)18-8)12(20)17-13-15-10(14)7-11(16-13)21-3/h6-7H,4-5H2,1-3H3,(H,15,16,17,20). The van der Waals surface area contributed by atoms with E-state index in [1.165, 1.54) is 13.2 Å². The summed E-state index contributed by atoms with van der Waals surface area (Å²) in [5, 5.41) is 7.12. The number of carbonyl (C=O) groups is 1. The molecule has 2 rings (SSSR count). The van der Waals surface area contributed by atoms with Gasteiger partial charge >= 0.3 is 0 Å². The molecule has 0 fully saturated rings. The van der Waals surface area contributed by atoms with E-state index in [1.54, 1.807) is 10.7 Å². The van der Waals surface area contributed by atoms with Crippen LogP contribution in [-0.2, 0) is 13.0 Å². The van der Waals surface area contributed by atoms with Crippen molar-refractivity contribution in [3.8, 4) is 5.88 Å². The lowest BCUT2D eigenvalue weighted by Gasteiger charge is -2.06.